The van der Waals surface area contributed by atoms with Gasteiger partial charge < -0.3 is 4.74 Å². The maximum atomic E-state index is 6.85. The van der Waals surface area contributed by atoms with Gasteiger partial charge in [-0.3, -0.25) is 0 Å². The fraction of sp³-hybridized carbons (Fsp3) is 0.111. The second-order valence-corrected chi connectivity index (χ2v) is 14.8. The third-order valence-electron chi connectivity index (χ3n) is 10.7. The van der Waals surface area contributed by atoms with Gasteiger partial charge in [0, 0.05) is 27.7 Å². The summed E-state index contributed by atoms with van der Waals surface area (Å²) in [6, 6.07) is 44.9. The largest absolute Gasteiger partial charge is 0.456 e. The van der Waals surface area contributed by atoms with Crippen molar-refractivity contribution in [2.75, 3.05) is 0 Å². The molecule has 2 heterocycles. The molecule has 0 N–H and O–H groups in total. The van der Waals surface area contributed by atoms with E-state index in [-0.39, 0.29) is 5.41 Å². The average Bonchev–Trinajstić information content (AvgIpc) is 3.51. The standard InChI is InChI=1S/C45H32OS/c1-45(2)39-23-20-30(26-41(39)46-43-40(45)24-22-37-36-13-7-8-14-42(36)47-44(37)43)28-17-15-27(16-18-28)29-19-21-35-33-11-4-3-9-31(33)32-10-5-6-12-34(32)38(35)25-29/h3-26,36,42H,1-2H3. The van der Waals surface area contributed by atoms with Crippen LogP contribution in [0.4, 0.5) is 0 Å². The first-order valence-corrected chi connectivity index (χ1v) is 17.4. The molecule has 2 unspecified atom stereocenters. The van der Waals surface area contributed by atoms with Gasteiger partial charge in [-0.1, -0.05) is 147 Å². The fourth-order valence-corrected chi connectivity index (χ4v) is 9.60. The summed E-state index contributed by atoms with van der Waals surface area (Å²) in [7, 11) is 0. The molecule has 47 heavy (non-hydrogen) atoms. The summed E-state index contributed by atoms with van der Waals surface area (Å²) >= 11 is 1.95. The first-order valence-electron chi connectivity index (χ1n) is 16.5. The second kappa shape index (κ2) is 9.97. The molecule has 0 radical (unpaired) electrons. The van der Waals surface area contributed by atoms with Crippen LogP contribution in [0.5, 0.6) is 11.5 Å². The van der Waals surface area contributed by atoms with E-state index in [9.17, 15) is 0 Å². The number of allylic oxidation sites excluding steroid dienone is 3. The number of rotatable bonds is 2. The van der Waals surface area contributed by atoms with Crippen molar-refractivity contribution < 1.29 is 4.74 Å². The normalized spacial score (nSPS) is 18.5. The minimum Gasteiger partial charge on any atom is -0.456 e. The zero-order valence-electron chi connectivity index (χ0n) is 26.3. The monoisotopic (exact) mass is 620 g/mol. The lowest BCUT2D eigenvalue weighted by atomic mass is 9.74. The quantitative estimate of drug-likeness (QED) is 0.178. The molecule has 0 aromatic heterocycles. The van der Waals surface area contributed by atoms with E-state index < -0.39 is 0 Å². The number of ether oxygens (including phenoxy) is 1. The number of thioether (sulfide) groups is 1. The van der Waals surface area contributed by atoms with Gasteiger partial charge in [0.1, 0.15) is 11.5 Å². The van der Waals surface area contributed by atoms with Crippen molar-refractivity contribution in [2.24, 2.45) is 0 Å². The van der Waals surface area contributed by atoms with Crippen molar-refractivity contribution in [1.82, 2.24) is 0 Å². The van der Waals surface area contributed by atoms with E-state index in [4.69, 9.17) is 4.74 Å². The third-order valence-corrected chi connectivity index (χ3v) is 12.1. The molecule has 0 fully saturated rings. The summed E-state index contributed by atoms with van der Waals surface area (Å²) in [4.78, 5) is 1.30. The molecule has 10 rings (SSSR count). The van der Waals surface area contributed by atoms with E-state index in [1.807, 2.05) is 11.8 Å². The molecule has 0 spiro atoms. The van der Waals surface area contributed by atoms with Gasteiger partial charge in [0.25, 0.3) is 0 Å². The molecule has 0 bridgehead atoms. The van der Waals surface area contributed by atoms with Gasteiger partial charge in [-0.05, 0) is 72.3 Å². The van der Waals surface area contributed by atoms with Crippen molar-refractivity contribution in [3.8, 4) is 33.8 Å². The Kier molecular flexibility index (Phi) is 5.75. The molecule has 1 nitrogen and oxygen atoms in total. The lowest BCUT2D eigenvalue weighted by Crippen LogP contribution is -2.24. The Bertz CT molecular complexity index is 2460. The molecule has 0 amide bonds. The highest BCUT2D eigenvalue weighted by atomic mass is 32.2. The van der Waals surface area contributed by atoms with Gasteiger partial charge in [-0.25, -0.2) is 0 Å². The van der Waals surface area contributed by atoms with Crippen molar-refractivity contribution in [1.29, 1.82) is 0 Å². The van der Waals surface area contributed by atoms with Crippen LogP contribution in [0.3, 0.4) is 0 Å². The summed E-state index contributed by atoms with van der Waals surface area (Å²) in [5.41, 5.74) is 8.56. The van der Waals surface area contributed by atoms with Gasteiger partial charge >= 0.3 is 0 Å². The van der Waals surface area contributed by atoms with Gasteiger partial charge in [0.05, 0.1) is 4.90 Å². The molecule has 2 atom stereocenters. The van der Waals surface area contributed by atoms with Gasteiger partial charge in [-0.15, -0.1) is 11.8 Å². The molecule has 2 heteroatoms. The van der Waals surface area contributed by atoms with E-state index in [1.165, 1.54) is 76.2 Å². The van der Waals surface area contributed by atoms with Crippen LogP contribution in [0.25, 0.3) is 54.6 Å². The molecule has 2 aliphatic heterocycles. The van der Waals surface area contributed by atoms with Crippen LogP contribution < -0.4 is 4.74 Å². The number of hydrogen-bond acceptors (Lipinski definition) is 2. The molecular weight excluding hydrogens is 589 g/mol. The summed E-state index contributed by atoms with van der Waals surface area (Å²) in [6.45, 7) is 4.66. The summed E-state index contributed by atoms with van der Waals surface area (Å²) in [6.07, 6.45) is 9.01. The van der Waals surface area contributed by atoms with Gasteiger partial charge in [0.2, 0.25) is 0 Å². The van der Waals surface area contributed by atoms with Crippen LogP contribution in [-0.4, -0.2) is 5.25 Å². The number of fused-ring (bicyclic) bond motifs is 12. The SMILES string of the molecule is CC1(C)c2ccc(-c3ccc(-c4ccc5c6ccccc6c6ccccc6c5c4)cc3)cc2Oc2c1ccc1c2SC2C=CC=CC12. The Balaban J connectivity index is 1.02. The Morgan fingerprint density at radius 1 is 0.532 bits per heavy atom. The molecule has 1 aliphatic carbocycles. The predicted octanol–water partition coefficient (Wildman–Crippen LogP) is 12.6. The predicted molar refractivity (Wildman–Crippen MR) is 199 cm³/mol. The van der Waals surface area contributed by atoms with E-state index >= 15 is 0 Å². The molecule has 0 saturated heterocycles. The minimum absolute atomic E-state index is 0.147. The third kappa shape index (κ3) is 3.98. The Morgan fingerprint density at radius 2 is 1.09 bits per heavy atom. The molecule has 224 valence electrons. The van der Waals surface area contributed by atoms with Crippen molar-refractivity contribution >= 4 is 44.1 Å². The van der Waals surface area contributed by atoms with Crippen LogP contribution in [-0.2, 0) is 5.41 Å². The molecule has 0 saturated carbocycles. The summed E-state index contributed by atoms with van der Waals surface area (Å²) in [5.74, 6) is 2.43. The fourth-order valence-electron chi connectivity index (χ4n) is 8.17. The van der Waals surface area contributed by atoms with Crippen LogP contribution in [0.1, 0.15) is 36.5 Å². The van der Waals surface area contributed by atoms with E-state index in [1.54, 1.807) is 0 Å². The zero-order chi connectivity index (χ0) is 31.3. The van der Waals surface area contributed by atoms with Crippen molar-refractivity contribution in [2.45, 2.75) is 35.3 Å². The highest BCUT2D eigenvalue weighted by molar-refractivity contribution is 8.00. The maximum absolute atomic E-state index is 6.85. The van der Waals surface area contributed by atoms with Gasteiger partial charge in [0.15, 0.2) is 0 Å². The first kappa shape index (κ1) is 27.1. The minimum atomic E-state index is -0.147. The Morgan fingerprint density at radius 3 is 1.79 bits per heavy atom. The van der Waals surface area contributed by atoms with E-state index in [2.05, 4.69) is 159 Å². The average molecular weight is 621 g/mol. The Hall–Kier alpha value is -5.05. The summed E-state index contributed by atoms with van der Waals surface area (Å²) < 4.78 is 6.85. The van der Waals surface area contributed by atoms with Crippen LogP contribution >= 0.6 is 11.8 Å². The van der Waals surface area contributed by atoms with E-state index in [0.29, 0.717) is 11.2 Å². The highest BCUT2D eigenvalue weighted by Gasteiger charge is 2.40. The molecule has 7 aromatic carbocycles. The zero-order valence-corrected chi connectivity index (χ0v) is 27.1. The van der Waals surface area contributed by atoms with Crippen LogP contribution in [0.2, 0.25) is 0 Å². The van der Waals surface area contributed by atoms with Crippen LogP contribution in [0.15, 0.2) is 151 Å². The van der Waals surface area contributed by atoms with Crippen molar-refractivity contribution in [3.63, 3.8) is 0 Å². The van der Waals surface area contributed by atoms with E-state index in [0.717, 1.165) is 11.5 Å². The molecular formula is C45H32OS. The second-order valence-electron chi connectivity index (χ2n) is 13.6. The number of hydrogen-bond donors (Lipinski definition) is 0. The van der Waals surface area contributed by atoms with Crippen molar-refractivity contribution in [3.05, 3.63) is 162 Å². The maximum Gasteiger partial charge on any atom is 0.145 e. The topological polar surface area (TPSA) is 9.23 Å². The first-order chi connectivity index (χ1) is 23.0. The highest BCUT2D eigenvalue weighted by Crippen LogP contribution is 2.58. The van der Waals surface area contributed by atoms with Crippen LogP contribution in [0, 0.1) is 0 Å². The summed E-state index contributed by atoms with van der Waals surface area (Å²) in [5, 5.41) is 8.26. The molecule has 3 aliphatic rings. The number of benzene rings is 7. The lowest BCUT2D eigenvalue weighted by Gasteiger charge is -2.35. The van der Waals surface area contributed by atoms with Gasteiger partial charge in [-0.2, -0.15) is 0 Å². The lowest BCUT2D eigenvalue weighted by molar-refractivity contribution is 0.408. The Labute approximate surface area is 279 Å². The smallest absolute Gasteiger partial charge is 0.145 e. The molecule has 7 aromatic rings.